The number of benzene rings is 1. The van der Waals surface area contributed by atoms with Crippen molar-refractivity contribution in [2.24, 2.45) is 0 Å². The molecule has 0 saturated carbocycles. The molecule has 6 heteroatoms. The molecule has 0 fully saturated rings. The zero-order valence-electron chi connectivity index (χ0n) is 10.3. The Labute approximate surface area is 107 Å². The lowest BCUT2D eigenvalue weighted by molar-refractivity contribution is 0.456. The Morgan fingerprint density at radius 1 is 1.50 bits per heavy atom. The van der Waals surface area contributed by atoms with Crippen molar-refractivity contribution in [2.75, 3.05) is 19.3 Å². The molecule has 0 atom stereocenters. The summed E-state index contributed by atoms with van der Waals surface area (Å²) in [6, 6.07) is 3.56. The van der Waals surface area contributed by atoms with Crippen LogP contribution in [0.3, 0.4) is 0 Å². The van der Waals surface area contributed by atoms with Crippen LogP contribution in [0.5, 0.6) is 0 Å². The number of nitrogens with zero attached hydrogens (tertiary/aromatic N) is 1. The Hall–Kier alpha value is -1.40. The van der Waals surface area contributed by atoms with Gasteiger partial charge < -0.3 is 5.73 Å². The van der Waals surface area contributed by atoms with Crippen LogP contribution in [-0.4, -0.2) is 26.3 Å². The molecule has 0 amide bonds. The zero-order chi connectivity index (χ0) is 13.8. The lowest BCUT2D eigenvalue weighted by Crippen LogP contribution is -2.28. The van der Waals surface area contributed by atoms with Crippen molar-refractivity contribution in [1.29, 1.82) is 0 Å². The molecule has 0 radical (unpaired) electrons. The summed E-state index contributed by atoms with van der Waals surface area (Å²) in [4.78, 5) is -0.349. The van der Waals surface area contributed by atoms with E-state index in [1.807, 2.05) is 0 Å². The highest BCUT2D eigenvalue weighted by Gasteiger charge is 2.23. The van der Waals surface area contributed by atoms with Gasteiger partial charge in [0, 0.05) is 19.3 Å². The van der Waals surface area contributed by atoms with Crippen molar-refractivity contribution < 1.29 is 12.8 Å². The number of nitrogen functional groups attached to an aromatic ring is 1. The van der Waals surface area contributed by atoms with Crippen molar-refractivity contribution in [2.45, 2.75) is 17.7 Å². The molecule has 1 aromatic rings. The zero-order valence-corrected chi connectivity index (χ0v) is 11.1. The Kier molecular flexibility index (Phi) is 4.86. The quantitative estimate of drug-likeness (QED) is 0.489. The highest BCUT2D eigenvalue weighted by molar-refractivity contribution is 7.89. The monoisotopic (exact) mass is 272 g/mol. The Morgan fingerprint density at radius 2 is 2.17 bits per heavy atom. The molecule has 4 nitrogen and oxygen atoms in total. The molecule has 18 heavy (non-hydrogen) atoms. The molecule has 100 valence electrons. The van der Waals surface area contributed by atoms with Crippen LogP contribution in [0.15, 0.2) is 35.7 Å². The van der Waals surface area contributed by atoms with Crippen LogP contribution < -0.4 is 5.73 Å². The summed E-state index contributed by atoms with van der Waals surface area (Å²) in [6.45, 7) is 3.88. The summed E-state index contributed by atoms with van der Waals surface area (Å²) < 4.78 is 38.9. The first-order valence-corrected chi connectivity index (χ1v) is 6.96. The van der Waals surface area contributed by atoms with Crippen molar-refractivity contribution in [3.8, 4) is 0 Å². The fourth-order valence-corrected chi connectivity index (χ4v) is 2.72. The molecule has 0 unspecified atom stereocenters. The molecule has 0 aliphatic carbocycles. The van der Waals surface area contributed by atoms with Crippen molar-refractivity contribution in [3.05, 3.63) is 36.7 Å². The molecule has 0 heterocycles. The number of unbranched alkanes of at least 4 members (excludes halogenated alkanes) is 1. The maximum Gasteiger partial charge on any atom is 0.245 e. The van der Waals surface area contributed by atoms with Crippen molar-refractivity contribution in [1.82, 2.24) is 4.31 Å². The van der Waals surface area contributed by atoms with E-state index in [9.17, 15) is 12.8 Å². The van der Waals surface area contributed by atoms with E-state index >= 15 is 0 Å². The summed E-state index contributed by atoms with van der Waals surface area (Å²) in [5.41, 5.74) is 5.58. The van der Waals surface area contributed by atoms with Gasteiger partial charge in [-0.1, -0.05) is 6.08 Å². The first-order valence-electron chi connectivity index (χ1n) is 5.52. The highest BCUT2D eigenvalue weighted by Crippen LogP contribution is 2.20. The van der Waals surface area contributed by atoms with Crippen LogP contribution in [0.4, 0.5) is 10.1 Å². The third-order valence-corrected chi connectivity index (χ3v) is 4.42. The van der Waals surface area contributed by atoms with Gasteiger partial charge in [0.25, 0.3) is 0 Å². The SMILES string of the molecule is C=CCCCN(C)S(=O)(=O)c1ccc(N)cc1F. The van der Waals surface area contributed by atoms with Crippen LogP contribution >= 0.6 is 0 Å². The molecule has 1 aromatic carbocycles. The summed E-state index contributed by atoms with van der Waals surface area (Å²) in [6.07, 6.45) is 3.07. The lowest BCUT2D eigenvalue weighted by Gasteiger charge is -2.17. The number of nitrogens with two attached hydrogens (primary N) is 1. The summed E-state index contributed by atoms with van der Waals surface area (Å²) in [5, 5.41) is 0. The predicted molar refractivity (Wildman–Crippen MR) is 70.1 cm³/mol. The first-order chi connectivity index (χ1) is 8.39. The van der Waals surface area contributed by atoms with Crippen molar-refractivity contribution >= 4 is 15.7 Å². The van der Waals surface area contributed by atoms with Crippen LogP contribution in [0.2, 0.25) is 0 Å². The molecule has 1 rings (SSSR count). The van der Waals surface area contributed by atoms with Crippen LogP contribution in [0, 0.1) is 5.82 Å². The van der Waals surface area contributed by atoms with Gasteiger partial charge in [-0.15, -0.1) is 6.58 Å². The smallest absolute Gasteiger partial charge is 0.245 e. The molecule has 0 spiro atoms. The second-order valence-electron chi connectivity index (χ2n) is 3.95. The number of anilines is 1. The maximum atomic E-state index is 13.6. The molecule has 2 N–H and O–H groups in total. The van der Waals surface area contributed by atoms with E-state index in [0.717, 1.165) is 10.4 Å². The molecule has 0 saturated heterocycles. The van der Waals surface area contributed by atoms with Gasteiger partial charge in [-0.2, -0.15) is 0 Å². The average Bonchev–Trinajstić information content (AvgIpc) is 2.28. The maximum absolute atomic E-state index is 13.6. The fraction of sp³-hybridized carbons (Fsp3) is 0.333. The summed E-state index contributed by atoms with van der Waals surface area (Å²) in [5.74, 6) is -0.828. The van der Waals surface area contributed by atoms with Crippen LogP contribution in [-0.2, 0) is 10.0 Å². The second kappa shape index (κ2) is 5.97. The minimum absolute atomic E-state index is 0.195. The van der Waals surface area contributed by atoms with E-state index in [4.69, 9.17) is 5.73 Å². The van der Waals surface area contributed by atoms with Crippen LogP contribution in [0.25, 0.3) is 0 Å². The second-order valence-corrected chi connectivity index (χ2v) is 5.96. The van der Waals surface area contributed by atoms with Gasteiger partial charge in [0.2, 0.25) is 10.0 Å². The molecule has 0 bridgehead atoms. The normalized spacial score (nSPS) is 11.7. The predicted octanol–water partition coefficient (Wildman–Crippen LogP) is 1.99. The van der Waals surface area contributed by atoms with Gasteiger partial charge in [0.15, 0.2) is 0 Å². The third-order valence-electron chi connectivity index (χ3n) is 2.53. The van der Waals surface area contributed by atoms with Gasteiger partial charge >= 0.3 is 0 Å². The number of sulfonamides is 1. The topological polar surface area (TPSA) is 63.4 Å². The van der Waals surface area contributed by atoms with Gasteiger partial charge in [0.05, 0.1) is 0 Å². The van der Waals surface area contributed by atoms with Crippen molar-refractivity contribution in [3.63, 3.8) is 0 Å². The fourth-order valence-electron chi connectivity index (χ4n) is 1.47. The lowest BCUT2D eigenvalue weighted by atomic mass is 10.3. The summed E-state index contributed by atoms with van der Waals surface area (Å²) in [7, 11) is -2.37. The molecular formula is C12H17FN2O2S. The number of halogens is 1. The minimum Gasteiger partial charge on any atom is -0.399 e. The minimum atomic E-state index is -3.80. The van der Waals surface area contributed by atoms with Gasteiger partial charge in [0.1, 0.15) is 10.7 Å². The van der Waals surface area contributed by atoms with E-state index in [1.54, 1.807) is 6.08 Å². The third kappa shape index (κ3) is 3.30. The van der Waals surface area contributed by atoms with Gasteiger partial charge in [-0.3, -0.25) is 0 Å². The number of hydrogen-bond donors (Lipinski definition) is 1. The first kappa shape index (κ1) is 14.7. The highest BCUT2D eigenvalue weighted by atomic mass is 32.2. The molecule has 0 aliphatic heterocycles. The Bertz CT molecular complexity index is 529. The van der Waals surface area contributed by atoms with Crippen LogP contribution in [0.1, 0.15) is 12.8 Å². The molecule has 0 aliphatic rings. The van der Waals surface area contributed by atoms with E-state index in [2.05, 4.69) is 6.58 Å². The van der Waals surface area contributed by atoms with Gasteiger partial charge in [-0.05, 0) is 31.0 Å². The van der Waals surface area contributed by atoms with Gasteiger partial charge in [-0.25, -0.2) is 17.1 Å². The molecule has 0 aromatic heterocycles. The number of rotatable bonds is 6. The Balaban J connectivity index is 2.94. The number of hydrogen-bond acceptors (Lipinski definition) is 3. The molecular weight excluding hydrogens is 255 g/mol. The number of allylic oxidation sites excluding steroid dienone is 1. The summed E-state index contributed by atoms with van der Waals surface area (Å²) >= 11 is 0. The van der Waals surface area contributed by atoms with E-state index in [-0.39, 0.29) is 10.6 Å². The van der Waals surface area contributed by atoms with E-state index in [0.29, 0.717) is 19.4 Å². The average molecular weight is 272 g/mol. The van der Waals surface area contributed by atoms with E-state index in [1.165, 1.54) is 19.2 Å². The van der Waals surface area contributed by atoms with E-state index < -0.39 is 15.8 Å². The Morgan fingerprint density at radius 3 is 2.72 bits per heavy atom. The largest absolute Gasteiger partial charge is 0.399 e. The standard InChI is InChI=1S/C12H17FN2O2S/c1-3-4-5-8-15(2)18(16,17)12-7-6-10(14)9-11(12)13/h3,6-7,9H,1,4-5,8,14H2,2H3.